The minimum Gasteiger partial charge on any atom is -0.475 e. The number of benzene rings is 1. The van der Waals surface area contributed by atoms with Crippen LogP contribution in [0.5, 0.6) is 0 Å². The largest absolute Gasteiger partial charge is 0.490 e. The van der Waals surface area contributed by atoms with E-state index in [4.69, 9.17) is 14.6 Å². The molecule has 2 N–H and O–H groups in total. The number of rotatable bonds is 4. The predicted molar refractivity (Wildman–Crippen MR) is 110 cm³/mol. The van der Waals surface area contributed by atoms with E-state index in [1.54, 1.807) is 6.20 Å². The number of hydrogen-bond donors (Lipinski definition) is 2. The number of aromatic nitrogens is 1. The molecule has 32 heavy (non-hydrogen) atoms. The molecule has 0 unspecified atom stereocenters. The summed E-state index contributed by atoms with van der Waals surface area (Å²) in [5.74, 6) is -0.956. The smallest absolute Gasteiger partial charge is 0.475 e. The van der Waals surface area contributed by atoms with Crippen LogP contribution in [0.1, 0.15) is 15.9 Å². The molecule has 2 aromatic rings. The molecule has 0 spiro atoms. The first-order valence-corrected chi connectivity index (χ1v) is 10.1. The number of halogens is 3. The fourth-order valence-electron chi connectivity index (χ4n) is 3.86. The summed E-state index contributed by atoms with van der Waals surface area (Å²) in [6.45, 7) is 5.02. The van der Waals surface area contributed by atoms with E-state index in [1.807, 2.05) is 54.3 Å². The maximum absolute atomic E-state index is 12.8. The summed E-state index contributed by atoms with van der Waals surface area (Å²) in [5, 5.41) is 10.5. The van der Waals surface area contributed by atoms with Crippen LogP contribution in [0.4, 0.5) is 19.0 Å². The summed E-state index contributed by atoms with van der Waals surface area (Å²) >= 11 is 0. The average Bonchev–Trinajstić information content (AvgIpc) is 3.34. The van der Waals surface area contributed by atoms with E-state index in [0.29, 0.717) is 18.4 Å². The number of carbonyl (C=O) groups is 2. The number of carboxylic acid groups (broad SMARTS) is 1. The number of likely N-dealkylation sites (tertiary alicyclic amines) is 1. The van der Waals surface area contributed by atoms with Gasteiger partial charge in [-0.25, -0.2) is 9.78 Å². The minimum absolute atomic E-state index is 0.118. The van der Waals surface area contributed by atoms with Crippen LogP contribution in [0, 0.1) is 18.8 Å². The zero-order valence-electron chi connectivity index (χ0n) is 17.4. The highest BCUT2D eigenvalue weighted by Crippen LogP contribution is 2.34. The number of carboxylic acids is 1. The molecular weight excluding hydrogens is 427 g/mol. The van der Waals surface area contributed by atoms with Crippen LogP contribution >= 0.6 is 0 Å². The number of nitrogens with one attached hydrogen (secondary N) is 1. The topological polar surface area (TPSA) is 91.8 Å². The van der Waals surface area contributed by atoms with Gasteiger partial charge in [0.05, 0.1) is 12.7 Å². The lowest BCUT2D eigenvalue weighted by molar-refractivity contribution is -0.192. The maximum atomic E-state index is 12.8. The summed E-state index contributed by atoms with van der Waals surface area (Å²) < 4.78 is 37.7. The summed E-state index contributed by atoms with van der Waals surface area (Å²) in [6, 6.07) is 13.6. The molecule has 2 saturated heterocycles. The number of pyridine rings is 1. The zero-order valence-corrected chi connectivity index (χ0v) is 17.4. The third kappa shape index (κ3) is 5.76. The third-order valence-electron chi connectivity index (χ3n) is 5.55. The van der Waals surface area contributed by atoms with Gasteiger partial charge >= 0.3 is 12.1 Å². The van der Waals surface area contributed by atoms with Crippen molar-refractivity contribution in [2.24, 2.45) is 11.8 Å². The van der Waals surface area contributed by atoms with Crippen molar-refractivity contribution in [1.29, 1.82) is 0 Å². The molecule has 3 heterocycles. The molecule has 0 saturated carbocycles. The summed E-state index contributed by atoms with van der Waals surface area (Å²) in [4.78, 5) is 28.0. The van der Waals surface area contributed by atoms with E-state index >= 15 is 0 Å². The standard InChI is InChI=1S/C20H23N3O2.C2HF3O2/c1-14-6-2-3-7-16(14)20(24)23-11-17-15(13-25-18(17)12-23)10-22-19-8-4-5-9-21-19;3-2(4,5)1(6)7/h2-9,15,17-18H,10-13H2,1H3,(H,21,22);(H,6,7)/t15-,17-,18-;/m1./s1. The van der Waals surface area contributed by atoms with E-state index in [-0.39, 0.29) is 12.0 Å². The molecule has 4 rings (SSSR count). The number of anilines is 1. The van der Waals surface area contributed by atoms with Gasteiger partial charge in [-0.05, 0) is 30.7 Å². The van der Waals surface area contributed by atoms with Gasteiger partial charge in [0.25, 0.3) is 5.91 Å². The summed E-state index contributed by atoms with van der Waals surface area (Å²) in [6.07, 6.45) is -3.14. The lowest BCUT2D eigenvalue weighted by atomic mass is 9.93. The van der Waals surface area contributed by atoms with E-state index < -0.39 is 12.1 Å². The van der Waals surface area contributed by atoms with Gasteiger partial charge in [-0.3, -0.25) is 4.79 Å². The molecule has 0 bridgehead atoms. The summed E-state index contributed by atoms with van der Waals surface area (Å²) in [7, 11) is 0. The lowest BCUT2D eigenvalue weighted by Gasteiger charge is -2.21. The van der Waals surface area contributed by atoms with Crippen LogP contribution in [0.2, 0.25) is 0 Å². The van der Waals surface area contributed by atoms with Crippen LogP contribution in [-0.4, -0.2) is 65.4 Å². The van der Waals surface area contributed by atoms with Crippen molar-refractivity contribution >= 4 is 17.7 Å². The van der Waals surface area contributed by atoms with Crippen molar-refractivity contribution in [3.05, 3.63) is 59.8 Å². The minimum atomic E-state index is -5.08. The van der Waals surface area contributed by atoms with Crippen molar-refractivity contribution < 1.29 is 32.6 Å². The van der Waals surface area contributed by atoms with Crippen LogP contribution in [0.25, 0.3) is 0 Å². The van der Waals surface area contributed by atoms with Crippen LogP contribution in [0.3, 0.4) is 0 Å². The Kier molecular flexibility index (Phi) is 7.34. The number of ether oxygens (including phenoxy) is 1. The van der Waals surface area contributed by atoms with Gasteiger partial charge in [0.15, 0.2) is 0 Å². The van der Waals surface area contributed by atoms with Gasteiger partial charge in [-0.2, -0.15) is 13.2 Å². The van der Waals surface area contributed by atoms with Crippen LogP contribution < -0.4 is 5.32 Å². The molecule has 10 heteroatoms. The van der Waals surface area contributed by atoms with Crippen LogP contribution in [0.15, 0.2) is 48.7 Å². The Morgan fingerprint density at radius 3 is 2.50 bits per heavy atom. The molecule has 0 aliphatic carbocycles. The van der Waals surface area contributed by atoms with Crippen molar-refractivity contribution in [1.82, 2.24) is 9.88 Å². The predicted octanol–water partition coefficient (Wildman–Crippen LogP) is 3.22. The molecule has 0 radical (unpaired) electrons. The Morgan fingerprint density at radius 1 is 1.19 bits per heavy atom. The van der Waals surface area contributed by atoms with Crippen LogP contribution in [-0.2, 0) is 9.53 Å². The lowest BCUT2D eigenvalue weighted by Crippen LogP contribution is -2.32. The second-order valence-corrected chi connectivity index (χ2v) is 7.72. The SMILES string of the molecule is Cc1ccccc1C(=O)N1C[C@@H]2[C@H](CNc3ccccn3)CO[C@@H]2C1.O=C(O)C(F)(F)F. The van der Waals surface area contributed by atoms with E-state index in [1.165, 1.54) is 0 Å². The molecule has 7 nitrogen and oxygen atoms in total. The first-order valence-electron chi connectivity index (χ1n) is 10.1. The zero-order chi connectivity index (χ0) is 23.3. The molecule has 1 amide bonds. The van der Waals surface area contributed by atoms with Crippen molar-refractivity contribution in [2.75, 3.05) is 31.6 Å². The molecule has 3 atom stereocenters. The highest BCUT2D eigenvalue weighted by Gasteiger charge is 2.45. The molecular formula is C22H24F3N3O4. The maximum Gasteiger partial charge on any atom is 0.490 e. The summed E-state index contributed by atoms with van der Waals surface area (Å²) in [5.41, 5.74) is 1.82. The van der Waals surface area contributed by atoms with Gasteiger partial charge in [0.2, 0.25) is 0 Å². The molecule has 1 aromatic heterocycles. The normalized spacial score (nSPS) is 22.0. The number of fused-ring (bicyclic) bond motifs is 1. The Hall–Kier alpha value is -3.14. The van der Waals surface area contributed by atoms with E-state index in [9.17, 15) is 18.0 Å². The van der Waals surface area contributed by atoms with Gasteiger partial charge in [0, 0.05) is 43.2 Å². The second kappa shape index (κ2) is 9.99. The highest BCUT2D eigenvalue weighted by molar-refractivity contribution is 5.95. The van der Waals surface area contributed by atoms with Gasteiger partial charge in [-0.1, -0.05) is 24.3 Å². The Labute approximate surface area is 183 Å². The first kappa shape index (κ1) is 23.5. The molecule has 2 aliphatic heterocycles. The Morgan fingerprint density at radius 2 is 1.88 bits per heavy atom. The van der Waals surface area contributed by atoms with Gasteiger partial charge < -0.3 is 20.1 Å². The fourth-order valence-corrected chi connectivity index (χ4v) is 3.86. The molecule has 2 aliphatic rings. The Balaban J connectivity index is 0.000000360. The molecule has 2 fully saturated rings. The third-order valence-corrected chi connectivity index (χ3v) is 5.55. The van der Waals surface area contributed by atoms with Crippen molar-refractivity contribution in [3.63, 3.8) is 0 Å². The van der Waals surface area contributed by atoms with Gasteiger partial charge in [0.1, 0.15) is 5.82 Å². The second-order valence-electron chi connectivity index (χ2n) is 7.72. The fraction of sp³-hybridized carbons (Fsp3) is 0.409. The number of aliphatic carboxylic acids is 1. The Bertz CT molecular complexity index is 940. The number of carbonyl (C=O) groups excluding carboxylic acids is 1. The number of amides is 1. The monoisotopic (exact) mass is 451 g/mol. The average molecular weight is 451 g/mol. The molecule has 1 aromatic carbocycles. The number of aryl methyl sites for hydroxylation is 1. The van der Waals surface area contributed by atoms with E-state index in [2.05, 4.69) is 10.3 Å². The quantitative estimate of drug-likeness (QED) is 0.742. The number of hydrogen-bond acceptors (Lipinski definition) is 5. The van der Waals surface area contributed by atoms with Crippen molar-refractivity contribution in [2.45, 2.75) is 19.2 Å². The number of alkyl halides is 3. The number of nitrogens with zero attached hydrogens (tertiary/aromatic N) is 2. The first-order chi connectivity index (χ1) is 15.2. The van der Waals surface area contributed by atoms with Gasteiger partial charge in [-0.15, -0.1) is 0 Å². The van der Waals surface area contributed by atoms with E-state index in [0.717, 1.165) is 36.6 Å². The van der Waals surface area contributed by atoms with Crippen molar-refractivity contribution in [3.8, 4) is 0 Å². The highest BCUT2D eigenvalue weighted by atomic mass is 19.4. The molecule has 172 valence electrons.